The van der Waals surface area contributed by atoms with E-state index in [-0.39, 0.29) is 5.75 Å². The zero-order valence-corrected chi connectivity index (χ0v) is 8.68. The molecule has 0 saturated carbocycles. The summed E-state index contributed by atoms with van der Waals surface area (Å²) >= 11 is 0. The normalized spacial score (nSPS) is 12.0. The van der Waals surface area contributed by atoms with Gasteiger partial charge in [0.25, 0.3) is 6.43 Å². The van der Waals surface area contributed by atoms with Crippen molar-refractivity contribution >= 4 is 0 Å². The van der Waals surface area contributed by atoms with Gasteiger partial charge in [0.15, 0.2) is 5.69 Å². The second-order valence-corrected chi connectivity index (χ2v) is 3.08. The van der Waals surface area contributed by atoms with Crippen molar-refractivity contribution in [1.29, 1.82) is 0 Å². The van der Waals surface area contributed by atoms with Gasteiger partial charge in [0.2, 0.25) is 0 Å². The molecule has 1 heterocycles. The van der Waals surface area contributed by atoms with E-state index >= 15 is 0 Å². The van der Waals surface area contributed by atoms with E-state index in [0.717, 1.165) is 13.2 Å². The molecule has 1 aromatic rings. The molecule has 0 fully saturated rings. The SMILES string of the molecule is COc1cc(C(F)F)nc(C(F)(F)F)c1CN. The summed E-state index contributed by atoms with van der Waals surface area (Å²) in [7, 11) is 1.07. The van der Waals surface area contributed by atoms with Crippen LogP contribution in [-0.2, 0) is 12.7 Å². The highest BCUT2D eigenvalue weighted by molar-refractivity contribution is 5.40. The van der Waals surface area contributed by atoms with E-state index < -0.39 is 36.1 Å². The van der Waals surface area contributed by atoms with Crippen molar-refractivity contribution in [3.8, 4) is 5.75 Å². The molecule has 1 rings (SSSR count). The molecule has 0 spiro atoms. The molecule has 0 aromatic carbocycles. The summed E-state index contributed by atoms with van der Waals surface area (Å²) in [4.78, 5) is 2.89. The average Bonchev–Trinajstić information content (AvgIpc) is 2.25. The number of halogens is 5. The molecule has 0 saturated heterocycles. The summed E-state index contributed by atoms with van der Waals surface area (Å²) in [6.45, 7) is -0.505. The van der Waals surface area contributed by atoms with Crippen LogP contribution in [0.1, 0.15) is 23.4 Å². The van der Waals surface area contributed by atoms with Gasteiger partial charge in [0.05, 0.1) is 7.11 Å². The lowest BCUT2D eigenvalue weighted by Crippen LogP contribution is -2.17. The summed E-state index contributed by atoms with van der Waals surface area (Å²) in [5.74, 6) is -0.342. The van der Waals surface area contributed by atoms with E-state index in [4.69, 9.17) is 5.73 Å². The number of alkyl halides is 5. The molecule has 0 unspecified atom stereocenters. The summed E-state index contributed by atoms with van der Waals surface area (Å²) in [5, 5.41) is 0. The summed E-state index contributed by atoms with van der Waals surface area (Å²) in [6.07, 6.45) is -7.97. The maximum Gasteiger partial charge on any atom is 0.433 e. The van der Waals surface area contributed by atoms with Crippen LogP contribution in [0.5, 0.6) is 5.75 Å². The molecular weight excluding hydrogens is 247 g/mol. The number of hydrogen-bond donors (Lipinski definition) is 1. The van der Waals surface area contributed by atoms with Crippen molar-refractivity contribution in [2.24, 2.45) is 5.73 Å². The molecule has 0 bridgehead atoms. The van der Waals surface area contributed by atoms with Crippen molar-refractivity contribution in [1.82, 2.24) is 4.98 Å². The smallest absolute Gasteiger partial charge is 0.433 e. The van der Waals surface area contributed by atoms with Gasteiger partial charge in [0, 0.05) is 18.2 Å². The number of pyridine rings is 1. The molecule has 96 valence electrons. The summed E-state index contributed by atoms with van der Waals surface area (Å²) in [5.41, 5.74) is 2.27. The largest absolute Gasteiger partial charge is 0.496 e. The van der Waals surface area contributed by atoms with Gasteiger partial charge in [-0.15, -0.1) is 0 Å². The van der Waals surface area contributed by atoms with E-state index in [1.165, 1.54) is 0 Å². The Balaban J connectivity index is 3.48. The van der Waals surface area contributed by atoms with E-state index in [1.54, 1.807) is 0 Å². The van der Waals surface area contributed by atoms with E-state index in [1.807, 2.05) is 0 Å². The Morgan fingerprint density at radius 3 is 2.35 bits per heavy atom. The Hall–Kier alpha value is -1.44. The zero-order chi connectivity index (χ0) is 13.2. The predicted molar refractivity (Wildman–Crippen MR) is 48.6 cm³/mol. The Kier molecular flexibility index (Phi) is 3.87. The van der Waals surface area contributed by atoms with Crippen LogP contribution in [0.25, 0.3) is 0 Å². The van der Waals surface area contributed by atoms with Crippen LogP contribution in [0, 0.1) is 0 Å². The highest BCUT2D eigenvalue weighted by atomic mass is 19.4. The fourth-order valence-corrected chi connectivity index (χ4v) is 1.29. The van der Waals surface area contributed by atoms with Gasteiger partial charge in [-0.1, -0.05) is 0 Å². The Morgan fingerprint density at radius 1 is 1.41 bits per heavy atom. The minimum atomic E-state index is -4.85. The molecule has 1 aromatic heterocycles. The van der Waals surface area contributed by atoms with Crippen LogP contribution in [0.15, 0.2) is 6.07 Å². The molecular formula is C9H9F5N2O. The van der Waals surface area contributed by atoms with Crippen molar-refractivity contribution in [2.45, 2.75) is 19.1 Å². The number of aromatic nitrogens is 1. The van der Waals surface area contributed by atoms with Crippen LogP contribution in [0.2, 0.25) is 0 Å². The van der Waals surface area contributed by atoms with Crippen molar-refractivity contribution in [3.05, 3.63) is 23.0 Å². The van der Waals surface area contributed by atoms with Crippen LogP contribution in [-0.4, -0.2) is 12.1 Å². The Labute approximate surface area is 93.4 Å². The number of nitrogens with zero attached hydrogens (tertiary/aromatic N) is 1. The maximum atomic E-state index is 12.6. The third kappa shape index (κ3) is 2.82. The van der Waals surface area contributed by atoms with Crippen LogP contribution < -0.4 is 10.5 Å². The minimum absolute atomic E-state index is 0.342. The fraction of sp³-hybridized carbons (Fsp3) is 0.444. The lowest BCUT2D eigenvalue weighted by molar-refractivity contribution is -0.142. The van der Waals surface area contributed by atoms with Gasteiger partial charge < -0.3 is 10.5 Å². The van der Waals surface area contributed by atoms with Crippen molar-refractivity contribution in [3.63, 3.8) is 0 Å². The van der Waals surface area contributed by atoms with Crippen LogP contribution in [0.3, 0.4) is 0 Å². The molecule has 2 N–H and O–H groups in total. The third-order valence-corrected chi connectivity index (χ3v) is 2.02. The lowest BCUT2D eigenvalue weighted by Gasteiger charge is -2.15. The van der Waals surface area contributed by atoms with Crippen molar-refractivity contribution in [2.75, 3.05) is 7.11 Å². The van der Waals surface area contributed by atoms with E-state index in [9.17, 15) is 22.0 Å². The average molecular weight is 256 g/mol. The predicted octanol–water partition coefficient (Wildman–Crippen LogP) is 2.51. The monoisotopic (exact) mass is 256 g/mol. The van der Waals surface area contributed by atoms with Gasteiger partial charge >= 0.3 is 6.18 Å². The van der Waals surface area contributed by atoms with Crippen LogP contribution in [0.4, 0.5) is 22.0 Å². The maximum absolute atomic E-state index is 12.6. The second kappa shape index (κ2) is 4.82. The highest BCUT2D eigenvalue weighted by Gasteiger charge is 2.37. The zero-order valence-electron chi connectivity index (χ0n) is 8.68. The number of methoxy groups -OCH3 is 1. The van der Waals surface area contributed by atoms with Gasteiger partial charge in [0.1, 0.15) is 11.4 Å². The second-order valence-electron chi connectivity index (χ2n) is 3.08. The lowest BCUT2D eigenvalue weighted by atomic mass is 10.1. The summed E-state index contributed by atoms with van der Waals surface area (Å²) < 4.78 is 67.1. The van der Waals surface area contributed by atoms with Gasteiger partial charge in [-0.05, 0) is 0 Å². The minimum Gasteiger partial charge on any atom is -0.496 e. The summed E-state index contributed by atoms with van der Waals surface area (Å²) in [6, 6.07) is 0.752. The van der Waals surface area contributed by atoms with Gasteiger partial charge in [-0.25, -0.2) is 13.8 Å². The van der Waals surface area contributed by atoms with Gasteiger partial charge in [-0.2, -0.15) is 13.2 Å². The quantitative estimate of drug-likeness (QED) is 0.845. The van der Waals surface area contributed by atoms with E-state index in [0.29, 0.717) is 0 Å². The van der Waals surface area contributed by atoms with Crippen molar-refractivity contribution < 1.29 is 26.7 Å². The first-order valence-electron chi connectivity index (χ1n) is 4.44. The first-order valence-corrected chi connectivity index (χ1v) is 4.44. The Morgan fingerprint density at radius 2 is 2.00 bits per heavy atom. The molecule has 0 aliphatic heterocycles. The van der Waals surface area contributed by atoms with E-state index in [2.05, 4.69) is 9.72 Å². The topological polar surface area (TPSA) is 48.1 Å². The molecule has 0 amide bonds. The first-order chi connectivity index (χ1) is 7.81. The highest BCUT2D eigenvalue weighted by Crippen LogP contribution is 2.36. The van der Waals surface area contributed by atoms with Crippen LogP contribution >= 0.6 is 0 Å². The number of ether oxygens (including phenoxy) is 1. The van der Waals surface area contributed by atoms with Gasteiger partial charge in [-0.3, -0.25) is 0 Å². The number of rotatable bonds is 3. The first kappa shape index (κ1) is 13.6. The standard InChI is InChI=1S/C9H9F5N2O/c1-17-6-2-5(8(10)11)16-7(4(6)3-15)9(12,13)14/h2,8H,3,15H2,1H3. The molecule has 8 heteroatoms. The molecule has 17 heavy (non-hydrogen) atoms. The fourth-order valence-electron chi connectivity index (χ4n) is 1.29. The number of hydrogen-bond acceptors (Lipinski definition) is 3. The molecule has 0 atom stereocenters. The molecule has 0 aliphatic carbocycles. The Bertz CT molecular complexity index is 405. The molecule has 3 nitrogen and oxygen atoms in total. The molecule has 0 radical (unpaired) electrons. The number of nitrogens with two attached hydrogens (primary N) is 1. The third-order valence-electron chi connectivity index (χ3n) is 2.02. The molecule has 0 aliphatic rings.